The second-order valence-electron chi connectivity index (χ2n) is 3.60. The number of halogens is 6. The molecule has 0 fully saturated rings. The van der Waals surface area contributed by atoms with Crippen LogP contribution in [0.4, 0.5) is 26.3 Å². The Hall–Kier alpha value is -1.73. The fourth-order valence-electron chi connectivity index (χ4n) is 1.68. The normalized spacial score (nSPS) is 13.2. The fourth-order valence-corrected chi connectivity index (χ4v) is 1.68. The molecule has 0 aliphatic carbocycles. The van der Waals surface area contributed by atoms with E-state index in [9.17, 15) is 31.1 Å². The van der Waals surface area contributed by atoms with Crippen molar-refractivity contribution in [3.63, 3.8) is 0 Å². The third kappa shape index (κ3) is 2.26. The summed E-state index contributed by atoms with van der Waals surface area (Å²) in [5.74, 6) is -2.42. The van der Waals surface area contributed by atoms with E-state index in [-0.39, 0.29) is 0 Å². The first-order valence-electron chi connectivity index (χ1n) is 4.86. The van der Waals surface area contributed by atoms with Crippen LogP contribution in [0.1, 0.15) is 5.56 Å². The van der Waals surface area contributed by atoms with E-state index >= 15 is 0 Å². The van der Waals surface area contributed by atoms with Crippen molar-refractivity contribution < 1.29 is 35.9 Å². The molecule has 1 aromatic rings. The van der Waals surface area contributed by atoms with Crippen LogP contribution in [0.25, 0.3) is 0 Å². The molecule has 2 nitrogen and oxygen atoms in total. The van der Waals surface area contributed by atoms with E-state index < -0.39 is 29.3 Å². The van der Waals surface area contributed by atoms with Crippen molar-refractivity contribution in [2.24, 2.45) is 0 Å². The molecule has 0 aliphatic heterocycles. The van der Waals surface area contributed by atoms with Gasteiger partial charge in [-0.25, -0.2) is 0 Å². The van der Waals surface area contributed by atoms with Crippen LogP contribution in [-0.2, 0) is 14.9 Å². The molecular formula is C11H8F6O2. The Morgan fingerprint density at radius 2 is 1.37 bits per heavy atom. The summed E-state index contributed by atoms with van der Waals surface area (Å²) in [6.45, 7) is 0. The molecule has 0 amide bonds. The van der Waals surface area contributed by atoms with E-state index in [1.165, 1.54) is 6.07 Å². The van der Waals surface area contributed by atoms with E-state index in [0.29, 0.717) is 19.2 Å². The van der Waals surface area contributed by atoms with Crippen molar-refractivity contribution in [2.75, 3.05) is 7.11 Å². The zero-order valence-electron chi connectivity index (χ0n) is 9.47. The lowest BCUT2D eigenvalue weighted by Gasteiger charge is -2.34. The quantitative estimate of drug-likeness (QED) is 0.616. The van der Waals surface area contributed by atoms with Gasteiger partial charge < -0.3 is 4.74 Å². The van der Waals surface area contributed by atoms with E-state index in [1.54, 1.807) is 0 Å². The van der Waals surface area contributed by atoms with Crippen LogP contribution >= 0.6 is 0 Å². The fraction of sp³-hybridized carbons (Fsp3) is 0.364. The van der Waals surface area contributed by atoms with Crippen molar-refractivity contribution in [1.82, 2.24) is 0 Å². The van der Waals surface area contributed by atoms with Gasteiger partial charge in [-0.05, 0) is 5.56 Å². The molecule has 0 atom stereocenters. The standard InChI is InChI=1S/C11H8F6O2/c1-19-8(18)9(10(12,13)14,11(15,16)17)7-5-3-2-4-6-7/h2-6H,1H3. The van der Waals surface area contributed by atoms with E-state index in [2.05, 4.69) is 4.74 Å². The predicted molar refractivity (Wildman–Crippen MR) is 52.2 cm³/mol. The van der Waals surface area contributed by atoms with Gasteiger partial charge in [0, 0.05) is 0 Å². The highest BCUT2D eigenvalue weighted by Gasteiger charge is 2.77. The first-order chi connectivity index (χ1) is 8.59. The summed E-state index contributed by atoms with van der Waals surface area (Å²) >= 11 is 0. The number of methoxy groups -OCH3 is 1. The zero-order valence-corrected chi connectivity index (χ0v) is 9.47. The molecule has 8 heteroatoms. The van der Waals surface area contributed by atoms with Crippen LogP contribution in [0.2, 0.25) is 0 Å². The summed E-state index contributed by atoms with van der Waals surface area (Å²) in [4.78, 5) is 11.3. The van der Waals surface area contributed by atoms with Crippen LogP contribution < -0.4 is 0 Å². The van der Waals surface area contributed by atoms with Gasteiger partial charge in [-0.15, -0.1) is 0 Å². The van der Waals surface area contributed by atoms with Crippen LogP contribution in [0.15, 0.2) is 30.3 Å². The third-order valence-electron chi connectivity index (χ3n) is 2.55. The van der Waals surface area contributed by atoms with Crippen molar-refractivity contribution in [2.45, 2.75) is 17.8 Å². The molecule has 19 heavy (non-hydrogen) atoms. The van der Waals surface area contributed by atoms with Crippen molar-refractivity contribution in [1.29, 1.82) is 0 Å². The molecule has 0 N–H and O–H groups in total. The first kappa shape index (κ1) is 15.3. The van der Waals surface area contributed by atoms with Crippen molar-refractivity contribution in [3.8, 4) is 0 Å². The Kier molecular flexibility index (Phi) is 3.83. The SMILES string of the molecule is COC(=O)C(c1ccccc1)(C(F)(F)F)C(F)(F)F. The summed E-state index contributed by atoms with van der Waals surface area (Å²) in [5.41, 5.74) is -5.92. The molecular weight excluding hydrogens is 278 g/mol. The van der Waals surface area contributed by atoms with Gasteiger partial charge in [0.1, 0.15) is 0 Å². The smallest absolute Gasteiger partial charge is 0.417 e. The number of carbonyl (C=O) groups excluding carboxylic acids is 1. The highest BCUT2D eigenvalue weighted by atomic mass is 19.4. The molecule has 0 aromatic heterocycles. The number of ether oxygens (including phenoxy) is 1. The summed E-state index contributed by atoms with van der Waals surface area (Å²) in [6.07, 6.45) is -11.8. The van der Waals surface area contributed by atoms with Gasteiger partial charge in [-0.3, -0.25) is 4.79 Å². The van der Waals surface area contributed by atoms with Gasteiger partial charge in [-0.2, -0.15) is 26.3 Å². The Balaban J connectivity index is 3.70. The Bertz CT molecular complexity index is 434. The van der Waals surface area contributed by atoms with Crippen LogP contribution in [0.5, 0.6) is 0 Å². The predicted octanol–water partition coefficient (Wildman–Crippen LogP) is 3.22. The molecule has 0 aliphatic rings. The highest BCUT2D eigenvalue weighted by molar-refractivity contribution is 5.85. The minimum atomic E-state index is -5.88. The van der Waals surface area contributed by atoms with Gasteiger partial charge in [0.15, 0.2) is 0 Å². The van der Waals surface area contributed by atoms with Crippen LogP contribution in [0, 0.1) is 0 Å². The van der Waals surface area contributed by atoms with Crippen molar-refractivity contribution in [3.05, 3.63) is 35.9 Å². The maximum absolute atomic E-state index is 13.0. The summed E-state index contributed by atoms with van der Waals surface area (Å²) < 4.78 is 81.6. The molecule has 1 rings (SSSR count). The number of benzene rings is 1. The molecule has 106 valence electrons. The molecule has 0 saturated carbocycles. The number of hydrogen-bond acceptors (Lipinski definition) is 2. The molecule has 0 spiro atoms. The number of esters is 1. The topological polar surface area (TPSA) is 26.3 Å². The molecule has 0 unspecified atom stereocenters. The van der Waals surface area contributed by atoms with E-state index in [0.717, 1.165) is 12.1 Å². The Labute approximate surface area is 104 Å². The summed E-state index contributed by atoms with van der Waals surface area (Å²) in [7, 11) is 0.470. The van der Waals surface area contributed by atoms with Crippen LogP contribution in [0.3, 0.4) is 0 Å². The van der Waals surface area contributed by atoms with Gasteiger partial charge in [0.05, 0.1) is 7.11 Å². The van der Waals surface area contributed by atoms with E-state index in [4.69, 9.17) is 0 Å². The lowest BCUT2D eigenvalue weighted by atomic mass is 9.78. The zero-order chi connectivity index (χ0) is 14.9. The lowest BCUT2D eigenvalue weighted by Crippen LogP contribution is -2.59. The molecule has 0 saturated heterocycles. The lowest BCUT2D eigenvalue weighted by molar-refractivity contribution is -0.298. The Morgan fingerprint density at radius 1 is 0.947 bits per heavy atom. The minimum Gasteiger partial charge on any atom is -0.468 e. The summed E-state index contributed by atoms with van der Waals surface area (Å²) in [6, 6.07) is 4.35. The van der Waals surface area contributed by atoms with Gasteiger partial charge in [0.25, 0.3) is 5.41 Å². The largest absolute Gasteiger partial charge is 0.468 e. The maximum Gasteiger partial charge on any atom is 0.417 e. The first-order valence-corrected chi connectivity index (χ1v) is 4.86. The number of rotatable bonds is 2. The average molecular weight is 286 g/mol. The monoisotopic (exact) mass is 286 g/mol. The molecule has 0 bridgehead atoms. The third-order valence-corrected chi connectivity index (χ3v) is 2.55. The van der Waals surface area contributed by atoms with Crippen molar-refractivity contribution >= 4 is 5.97 Å². The average Bonchev–Trinajstić information content (AvgIpc) is 2.27. The number of carbonyl (C=O) groups is 1. The maximum atomic E-state index is 13.0. The van der Waals surface area contributed by atoms with Gasteiger partial charge >= 0.3 is 18.3 Å². The van der Waals surface area contributed by atoms with Gasteiger partial charge in [-0.1, -0.05) is 30.3 Å². The minimum absolute atomic E-state index is 0.470. The number of hydrogen-bond donors (Lipinski definition) is 0. The highest BCUT2D eigenvalue weighted by Crippen LogP contribution is 2.52. The van der Waals surface area contributed by atoms with Gasteiger partial charge in [0.2, 0.25) is 0 Å². The summed E-state index contributed by atoms with van der Waals surface area (Å²) in [5, 5.41) is 0. The Morgan fingerprint density at radius 3 is 1.68 bits per heavy atom. The number of alkyl halides is 6. The second kappa shape index (κ2) is 4.75. The van der Waals surface area contributed by atoms with Crippen LogP contribution in [-0.4, -0.2) is 25.4 Å². The molecule has 1 aromatic carbocycles. The molecule has 0 heterocycles. The molecule has 0 radical (unpaired) electrons. The van der Waals surface area contributed by atoms with E-state index in [1.807, 2.05) is 0 Å². The second-order valence-corrected chi connectivity index (χ2v) is 3.60.